The van der Waals surface area contributed by atoms with Gasteiger partial charge < -0.3 is 10.1 Å². The van der Waals surface area contributed by atoms with Crippen LogP contribution in [0.4, 0.5) is 4.39 Å². The van der Waals surface area contributed by atoms with E-state index in [-0.39, 0.29) is 5.91 Å². The molecule has 2 rings (SSSR count). The van der Waals surface area contributed by atoms with Gasteiger partial charge in [0.2, 0.25) is 0 Å². The number of halogens is 2. The number of carbonyl (C=O) groups excluding carboxylic acids is 1. The molecule has 0 radical (unpaired) electrons. The van der Waals surface area contributed by atoms with Crippen molar-refractivity contribution in [2.75, 3.05) is 0 Å². The monoisotopic (exact) mass is 313 g/mol. The smallest absolute Gasteiger partial charge is 0.261 e. The molecule has 0 bridgehead atoms. The van der Waals surface area contributed by atoms with Crippen molar-refractivity contribution in [3.05, 3.63) is 51.4 Å². The number of carbonyl (C=O) groups is 1. The van der Waals surface area contributed by atoms with Crippen molar-refractivity contribution in [2.45, 2.75) is 19.6 Å². The van der Waals surface area contributed by atoms with E-state index in [0.717, 1.165) is 4.88 Å². The van der Waals surface area contributed by atoms with Gasteiger partial charge in [-0.05, 0) is 31.2 Å². The van der Waals surface area contributed by atoms with Gasteiger partial charge in [0, 0.05) is 10.9 Å². The molecule has 0 aliphatic carbocycles. The molecule has 0 fully saturated rings. The number of hydrogen-bond donors (Lipinski definition) is 1. The molecule has 1 aromatic heterocycles. The third kappa shape index (κ3) is 4.21. The lowest BCUT2D eigenvalue weighted by atomic mass is 10.3. The minimum Gasteiger partial charge on any atom is -0.481 e. The number of benzene rings is 1. The Bertz CT molecular complexity index is 602. The maximum Gasteiger partial charge on any atom is 0.261 e. The number of amides is 1. The first-order valence-electron chi connectivity index (χ1n) is 5.99. The summed E-state index contributed by atoms with van der Waals surface area (Å²) in [6.07, 6.45) is -0.702. The Morgan fingerprint density at radius 2 is 2.25 bits per heavy atom. The van der Waals surface area contributed by atoms with E-state index < -0.39 is 11.9 Å². The van der Waals surface area contributed by atoms with Crippen molar-refractivity contribution in [3.8, 4) is 5.75 Å². The van der Waals surface area contributed by atoms with Gasteiger partial charge in [0.25, 0.3) is 5.91 Å². The average Bonchev–Trinajstić information content (AvgIpc) is 2.81. The molecule has 1 atom stereocenters. The molecule has 0 aliphatic rings. The molecule has 0 unspecified atom stereocenters. The molecule has 3 nitrogen and oxygen atoms in total. The largest absolute Gasteiger partial charge is 0.481 e. The average molecular weight is 314 g/mol. The lowest BCUT2D eigenvalue weighted by molar-refractivity contribution is -0.127. The van der Waals surface area contributed by atoms with Crippen molar-refractivity contribution in [3.63, 3.8) is 0 Å². The minimum absolute atomic E-state index is 0.265. The fourth-order valence-electron chi connectivity index (χ4n) is 1.56. The van der Waals surface area contributed by atoms with Gasteiger partial charge in [-0.2, -0.15) is 0 Å². The van der Waals surface area contributed by atoms with Crippen molar-refractivity contribution in [1.29, 1.82) is 0 Å². The predicted molar refractivity (Wildman–Crippen MR) is 77.7 cm³/mol. The summed E-state index contributed by atoms with van der Waals surface area (Å²) in [4.78, 5) is 12.8. The summed E-state index contributed by atoms with van der Waals surface area (Å²) in [5.41, 5.74) is 0. The van der Waals surface area contributed by atoms with E-state index in [1.54, 1.807) is 19.1 Å². The molecule has 1 amide bonds. The van der Waals surface area contributed by atoms with Crippen LogP contribution in [0.2, 0.25) is 4.34 Å². The van der Waals surface area contributed by atoms with Gasteiger partial charge in [0.05, 0.1) is 10.9 Å². The summed E-state index contributed by atoms with van der Waals surface area (Å²) in [5.74, 6) is -0.339. The highest BCUT2D eigenvalue weighted by Gasteiger charge is 2.14. The van der Waals surface area contributed by atoms with E-state index >= 15 is 0 Å². The van der Waals surface area contributed by atoms with Crippen LogP contribution >= 0.6 is 22.9 Å². The van der Waals surface area contributed by atoms with Gasteiger partial charge in [-0.3, -0.25) is 4.79 Å². The normalized spacial score (nSPS) is 11.9. The summed E-state index contributed by atoms with van der Waals surface area (Å²) in [7, 11) is 0. The number of nitrogens with one attached hydrogen (secondary N) is 1. The molecule has 6 heteroatoms. The van der Waals surface area contributed by atoms with Gasteiger partial charge >= 0.3 is 0 Å². The van der Waals surface area contributed by atoms with Gasteiger partial charge in [-0.25, -0.2) is 4.39 Å². The van der Waals surface area contributed by atoms with Crippen LogP contribution in [0.25, 0.3) is 0 Å². The first-order chi connectivity index (χ1) is 9.54. The minimum atomic E-state index is -0.702. The van der Waals surface area contributed by atoms with Crippen LogP contribution in [0.1, 0.15) is 11.8 Å². The number of ether oxygens (including phenoxy) is 1. The molecular formula is C14H13ClFNO2S. The van der Waals surface area contributed by atoms with Gasteiger partial charge in [0.15, 0.2) is 6.10 Å². The molecule has 2 aromatic rings. The first-order valence-corrected chi connectivity index (χ1v) is 7.18. The zero-order chi connectivity index (χ0) is 14.5. The molecular weight excluding hydrogens is 301 g/mol. The Labute approximate surface area is 125 Å². The lowest BCUT2D eigenvalue weighted by Crippen LogP contribution is -2.35. The first kappa shape index (κ1) is 14.8. The van der Waals surface area contributed by atoms with Crippen LogP contribution in [0.3, 0.4) is 0 Å². The molecule has 20 heavy (non-hydrogen) atoms. The van der Waals surface area contributed by atoms with E-state index in [4.69, 9.17) is 16.3 Å². The van der Waals surface area contributed by atoms with Crippen LogP contribution in [-0.2, 0) is 11.3 Å². The van der Waals surface area contributed by atoms with Gasteiger partial charge in [-0.15, -0.1) is 11.3 Å². The van der Waals surface area contributed by atoms with E-state index in [9.17, 15) is 9.18 Å². The summed E-state index contributed by atoms with van der Waals surface area (Å²) >= 11 is 7.21. The molecule has 1 aromatic carbocycles. The summed E-state index contributed by atoms with van der Waals surface area (Å²) < 4.78 is 19.1. The Kier molecular flexibility index (Phi) is 4.98. The molecule has 0 saturated carbocycles. The van der Waals surface area contributed by atoms with E-state index in [1.165, 1.54) is 29.5 Å². The van der Waals surface area contributed by atoms with Crippen LogP contribution in [0.15, 0.2) is 36.4 Å². The van der Waals surface area contributed by atoms with Crippen LogP contribution in [-0.4, -0.2) is 12.0 Å². The zero-order valence-corrected chi connectivity index (χ0v) is 12.3. The third-order valence-corrected chi connectivity index (χ3v) is 3.78. The quantitative estimate of drug-likeness (QED) is 0.915. The van der Waals surface area contributed by atoms with Crippen molar-refractivity contribution >= 4 is 28.8 Å². The second-order valence-corrected chi connectivity index (χ2v) is 5.94. The summed E-state index contributed by atoms with van der Waals surface area (Å²) in [6, 6.07) is 9.32. The van der Waals surface area contributed by atoms with E-state index in [0.29, 0.717) is 16.6 Å². The van der Waals surface area contributed by atoms with Gasteiger partial charge in [-0.1, -0.05) is 17.7 Å². The Morgan fingerprint density at radius 3 is 2.90 bits per heavy atom. The fraction of sp³-hybridized carbons (Fsp3) is 0.214. The Balaban J connectivity index is 1.85. The third-order valence-electron chi connectivity index (χ3n) is 2.54. The summed E-state index contributed by atoms with van der Waals surface area (Å²) in [5, 5.41) is 2.74. The SMILES string of the molecule is C[C@@H](Oc1cccc(F)c1)C(=O)NCc1ccc(Cl)s1. The maximum atomic E-state index is 13.0. The highest BCUT2D eigenvalue weighted by molar-refractivity contribution is 7.16. The molecule has 1 N–H and O–H groups in total. The Morgan fingerprint density at radius 1 is 1.45 bits per heavy atom. The number of thiophene rings is 1. The number of rotatable bonds is 5. The molecule has 0 spiro atoms. The molecule has 0 saturated heterocycles. The zero-order valence-electron chi connectivity index (χ0n) is 10.7. The topological polar surface area (TPSA) is 38.3 Å². The summed E-state index contributed by atoms with van der Waals surface area (Å²) in [6.45, 7) is 2.01. The van der Waals surface area contributed by atoms with Crippen molar-refractivity contribution in [2.24, 2.45) is 0 Å². The highest BCUT2D eigenvalue weighted by Crippen LogP contribution is 2.21. The molecule has 1 heterocycles. The van der Waals surface area contributed by atoms with Crippen LogP contribution in [0.5, 0.6) is 5.75 Å². The van der Waals surface area contributed by atoms with Crippen LogP contribution in [0, 0.1) is 5.82 Å². The van der Waals surface area contributed by atoms with E-state index in [2.05, 4.69) is 5.32 Å². The Hall–Kier alpha value is -1.59. The predicted octanol–water partition coefficient (Wildman–Crippen LogP) is 3.62. The maximum absolute atomic E-state index is 13.0. The molecule has 106 valence electrons. The highest BCUT2D eigenvalue weighted by atomic mass is 35.5. The van der Waals surface area contributed by atoms with Crippen molar-refractivity contribution < 1.29 is 13.9 Å². The van der Waals surface area contributed by atoms with E-state index in [1.807, 2.05) is 6.07 Å². The van der Waals surface area contributed by atoms with Crippen molar-refractivity contribution in [1.82, 2.24) is 5.32 Å². The fourth-order valence-corrected chi connectivity index (χ4v) is 2.59. The lowest BCUT2D eigenvalue weighted by Gasteiger charge is -2.14. The van der Waals surface area contributed by atoms with Gasteiger partial charge in [0.1, 0.15) is 11.6 Å². The van der Waals surface area contributed by atoms with Crippen LogP contribution < -0.4 is 10.1 Å². The second kappa shape index (κ2) is 6.72. The standard InChI is InChI=1S/C14H13ClFNO2S/c1-9(19-11-4-2-3-10(16)7-11)14(18)17-8-12-5-6-13(15)20-12/h2-7,9H,8H2,1H3,(H,17,18)/t9-/m1/s1. The molecule has 0 aliphatic heterocycles. The number of hydrogen-bond acceptors (Lipinski definition) is 3. The second-order valence-electron chi connectivity index (χ2n) is 4.14.